The Kier molecular flexibility index (Phi) is 4.80. The van der Waals surface area contributed by atoms with Crippen molar-refractivity contribution in [1.29, 1.82) is 0 Å². The molecule has 1 aliphatic heterocycles. The van der Waals surface area contributed by atoms with Crippen molar-refractivity contribution in [1.82, 2.24) is 10.2 Å². The van der Waals surface area contributed by atoms with Gasteiger partial charge in [0.2, 0.25) is 11.8 Å². The van der Waals surface area contributed by atoms with E-state index in [1.54, 1.807) is 0 Å². The van der Waals surface area contributed by atoms with E-state index in [0.717, 1.165) is 38.8 Å². The monoisotopic (exact) mass is 267 g/mol. The fourth-order valence-corrected chi connectivity index (χ4v) is 2.97. The van der Waals surface area contributed by atoms with Crippen molar-refractivity contribution in [3.63, 3.8) is 0 Å². The van der Waals surface area contributed by atoms with E-state index in [-0.39, 0.29) is 17.2 Å². The fraction of sp³-hybridized carbons (Fsp3) is 0.857. The summed E-state index contributed by atoms with van der Waals surface area (Å²) in [5, 5.41) is 2.85. The molecular formula is C14H25N3O2. The first-order valence-electron chi connectivity index (χ1n) is 7.40. The van der Waals surface area contributed by atoms with Crippen molar-refractivity contribution in [2.75, 3.05) is 26.2 Å². The van der Waals surface area contributed by atoms with Gasteiger partial charge in [0, 0.05) is 32.5 Å². The van der Waals surface area contributed by atoms with Crippen molar-refractivity contribution in [2.45, 2.75) is 44.9 Å². The molecule has 0 bridgehead atoms. The van der Waals surface area contributed by atoms with Crippen LogP contribution in [-0.2, 0) is 9.59 Å². The molecular weight excluding hydrogens is 242 g/mol. The molecule has 1 aliphatic carbocycles. The number of amides is 2. The number of nitrogens with two attached hydrogens (primary N) is 1. The minimum Gasteiger partial charge on any atom is -0.356 e. The Morgan fingerprint density at radius 3 is 2.37 bits per heavy atom. The molecule has 3 N–H and O–H groups in total. The van der Waals surface area contributed by atoms with Crippen LogP contribution in [0.4, 0.5) is 0 Å². The van der Waals surface area contributed by atoms with E-state index in [1.165, 1.54) is 6.42 Å². The lowest BCUT2D eigenvalue weighted by atomic mass is 9.66. The van der Waals surface area contributed by atoms with Gasteiger partial charge in [-0.05, 0) is 37.6 Å². The van der Waals surface area contributed by atoms with Gasteiger partial charge in [0.1, 0.15) is 0 Å². The number of nitrogens with one attached hydrogen (secondary N) is 1. The van der Waals surface area contributed by atoms with Crippen LogP contribution < -0.4 is 11.1 Å². The molecule has 19 heavy (non-hydrogen) atoms. The highest BCUT2D eigenvalue weighted by molar-refractivity contribution is 5.79. The summed E-state index contributed by atoms with van der Waals surface area (Å²) in [6.07, 6.45) is 6.45. The van der Waals surface area contributed by atoms with Crippen molar-refractivity contribution in [2.24, 2.45) is 11.1 Å². The minimum absolute atomic E-state index is 0.0411. The highest BCUT2D eigenvalue weighted by atomic mass is 16.2. The van der Waals surface area contributed by atoms with Crippen LogP contribution in [0.2, 0.25) is 0 Å². The zero-order valence-electron chi connectivity index (χ0n) is 11.6. The van der Waals surface area contributed by atoms with E-state index in [2.05, 4.69) is 5.32 Å². The highest BCUT2D eigenvalue weighted by Gasteiger charge is 2.37. The molecule has 2 fully saturated rings. The predicted octanol–water partition coefficient (Wildman–Crippen LogP) is 0.634. The molecule has 0 aromatic carbocycles. The second-order valence-corrected chi connectivity index (χ2v) is 5.92. The third kappa shape index (κ3) is 3.69. The highest BCUT2D eigenvalue weighted by Crippen LogP contribution is 2.42. The molecule has 0 spiro atoms. The zero-order chi connectivity index (χ0) is 13.7. The Morgan fingerprint density at radius 1 is 1.16 bits per heavy atom. The third-order valence-electron chi connectivity index (χ3n) is 4.50. The summed E-state index contributed by atoms with van der Waals surface area (Å²) in [4.78, 5) is 25.5. The summed E-state index contributed by atoms with van der Waals surface area (Å²) < 4.78 is 0. The van der Waals surface area contributed by atoms with Gasteiger partial charge < -0.3 is 16.0 Å². The van der Waals surface area contributed by atoms with Gasteiger partial charge in [-0.2, -0.15) is 0 Å². The smallest absolute Gasteiger partial charge is 0.224 e. The van der Waals surface area contributed by atoms with E-state index in [1.807, 2.05) is 4.90 Å². The predicted molar refractivity (Wildman–Crippen MR) is 73.4 cm³/mol. The SMILES string of the molecule is NCC1(CC(=O)NCCC(=O)N2CCCC2)CCC1. The first-order valence-corrected chi connectivity index (χ1v) is 7.40. The lowest BCUT2D eigenvalue weighted by Crippen LogP contribution is -2.42. The largest absolute Gasteiger partial charge is 0.356 e. The summed E-state index contributed by atoms with van der Waals surface area (Å²) in [6.45, 7) is 2.80. The Labute approximate surface area is 114 Å². The number of likely N-dealkylation sites (tertiary alicyclic amines) is 1. The van der Waals surface area contributed by atoms with Crippen molar-refractivity contribution in [3.8, 4) is 0 Å². The van der Waals surface area contributed by atoms with Gasteiger partial charge in [0.15, 0.2) is 0 Å². The van der Waals surface area contributed by atoms with E-state index in [9.17, 15) is 9.59 Å². The van der Waals surface area contributed by atoms with Crippen LogP contribution in [0, 0.1) is 5.41 Å². The molecule has 5 nitrogen and oxygen atoms in total. The molecule has 1 saturated carbocycles. The topological polar surface area (TPSA) is 75.4 Å². The Bertz CT molecular complexity index is 328. The molecule has 5 heteroatoms. The van der Waals surface area contributed by atoms with Gasteiger partial charge in [-0.3, -0.25) is 9.59 Å². The van der Waals surface area contributed by atoms with E-state index in [0.29, 0.717) is 25.9 Å². The minimum atomic E-state index is 0.0411. The molecule has 1 heterocycles. The Morgan fingerprint density at radius 2 is 1.84 bits per heavy atom. The van der Waals surface area contributed by atoms with Crippen molar-refractivity contribution >= 4 is 11.8 Å². The number of rotatable bonds is 6. The number of carbonyl (C=O) groups excluding carboxylic acids is 2. The van der Waals surface area contributed by atoms with Crippen LogP contribution in [0.3, 0.4) is 0 Å². The molecule has 2 amide bonds. The van der Waals surface area contributed by atoms with Crippen LogP contribution in [0.25, 0.3) is 0 Å². The number of hydrogen-bond donors (Lipinski definition) is 2. The average Bonchev–Trinajstić information content (AvgIpc) is 2.87. The Hall–Kier alpha value is -1.10. The Balaban J connectivity index is 1.62. The molecule has 0 aromatic rings. The average molecular weight is 267 g/mol. The first-order chi connectivity index (χ1) is 9.15. The molecule has 0 radical (unpaired) electrons. The van der Waals surface area contributed by atoms with Gasteiger partial charge in [-0.1, -0.05) is 6.42 Å². The fourth-order valence-electron chi connectivity index (χ4n) is 2.97. The van der Waals surface area contributed by atoms with Crippen LogP contribution >= 0.6 is 0 Å². The maximum Gasteiger partial charge on any atom is 0.224 e. The van der Waals surface area contributed by atoms with Crippen LogP contribution in [0.5, 0.6) is 0 Å². The van der Waals surface area contributed by atoms with Crippen LogP contribution in [-0.4, -0.2) is 42.9 Å². The van der Waals surface area contributed by atoms with Gasteiger partial charge >= 0.3 is 0 Å². The summed E-state index contributed by atoms with van der Waals surface area (Å²) >= 11 is 0. The van der Waals surface area contributed by atoms with Crippen molar-refractivity contribution < 1.29 is 9.59 Å². The van der Waals surface area contributed by atoms with E-state index >= 15 is 0 Å². The molecule has 2 aliphatic rings. The number of carbonyl (C=O) groups is 2. The summed E-state index contributed by atoms with van der Waals surface area (Å²) in [6, 6.07) is 0. The molecule has 0 unspecified atom stereocenters. The number of hydrogen-bond acceptors (Lipinski definition) is 3. The lowest BCUT2D eigenvalue weighted by Gasteiger charge is -2.40. The maximum atomic E-state index is 11.8. The first kappa shape index (κ1) is 14.3. The number of nitrogens with zero attached hydrogens (tertiary/aromatic N) is 1. The summed E-state index contributed by atoms with van der Waals surface area (Å²) in [5.41, 5.74) is 5.78. The molecule has 0 aromatic heterocycles. The quantitative estimate of drug-likeness (QED) is 0.741. The van der Waals surface area contributed by atoms with Gasteiger partial charge in [-0.25, -0.2) is 0 Å². The third-order valence-corrected chi connectivity index (χ3v) is 4.50. The van der Waals surface area contributed by atoms with Gasteiger partial charge in [0.05, 0.1) is 0 Å². The molecule has 108 valence electrons. The van der Waals surface area contributed by atoms with Crippen LogP contribution in [0.1, 0.15) is 44.9 Å². The van der Waals surface area contributed by atoms with E-state index in [4.69, 9.17) is 5.73 Å². The second kappa shape index (κ2) is 6.37. The maximum absolute atomic E-state index is 11.8. The second-order valence-electron chi connectivity index (χ2n) is 5.92. The zero-order valence-corrected chi connectivity index (χ0v) is 11.6. The van der Waals surface area contributed by atoms with Crippen LogP contribution in [0.15, 0.2) is 0 Å². The van der Waals surface area contributed by atoms with Gasteiger partial charge in [-0.15, -0.1) is 0 Å². The molecule has 2 rings (SSSR count). The lowest BCUT2D eigenvalue weighted by molar-refractivity contribution is -0.130. The summed E-state index contributed by atoms with van der Waals surface area (Å²) in [7, 11) is 0. The molecule has 0 atom stereocenters. The summed E-state index contributed by atoms with van der Waals surface area (Å²) in [5.74, 6) is 0.203. The standard InChI is InChI=1S/C14H25N3O2/c15-11-14(5-3-6-14)10-12(18)16-7-4-13(19)17-8-1-2-9-17/h1-11,15H2,(H,16,18). The van der Waals surface area contributed by atoms with Crippen molar-refractivity contribution in [3.05, 3.63) is 0 Å². The normalized spacial score (nSPS) is 21.0. The molecule has 1 saturated heterocycles. The van der Waals surface area contributed by atoms with Gasteiger partial charge in [0.25, 0.3) is 0 Å². The van der Waals surface area contributed by atoms with E-state index < -0.39 is 0 Å².